The first-order chi connectivity index (χ1) is 14.1. The largest absolute Gasteiger partial charge is 0.370 e. The monoisotopic (exact) mass is 415 g/mol. The Bertz CT molecular complexity index is 776. The molecule has 1 fully saturated rings. The molecule has 0 aromatic heterocycles. The number of likely N-dealkylation sites (N-methyl/N-ethyl adjacent to an activating group) is 1. The number of nitrogens with one attached hydrogen (secondary N) is 3. The van der Waals surface area contributed by atoms with Gasteiger partial charge in [0.2, 0.25) is 0 Å². The van der Waals surface area contributed by atoms with Crippen LogP contribution in [0.4, 0.5) is 0 Å². The van der Waals surface area contributed by atoms with Crippen LogP contribution >= 0.6 is 11.8 Å². The lowest BCUT2D eigenvalue weighted by Gasteiger charge is -2.24. The van der Waals surface area contributed by atoms with Crippen molar-refractivity contribution in [2.45, 2.75) is 24.5 Å². The maximum Gasteiger partial charge on any atom is 0.275 e. The van der Waals surface area contributed by atoms with Crippen LogP contribution in [0.3, 0.4) is 0 Å². The number of carbonyl (C=O) groups is 1. The van der Waals surface area contributed by atoms with Crippen LogP contribution in [0.15, 0.2) is 53.4 Å². The van der Waals surface area contributed by atoms with E-state index in [0.29, 0.717) is 13.1 Å². The number of thioether (sulfide) groups is 1. The van der Waals surface area contributed by atoms with Crippen molar-refractivity contribution in [1.82, 2.24) is 5.32 Å². The van der Waals surface area contributed by atoms with Crippen molar-refractivity contribution in [3.63, 3.8) is 0 Å². The van der Waals surface area contributed by atoms with Crippen molar-refractivity contribution in [2.75, 3.05) is 46.2 Å². The van der Waals surface area contributed by atoms with E-state index in [1.54, 1.807) is 16.7 Å². The van der Waals surface area contributed by atoms with E-state index in [0.717, 1.165) is 39.4 Å². The number of hydrogen-bond acceptors (Lipinski definition) is 3. The molecule has 3 N–H and O–H groups in total. The Morgan fingerprint density at radius 1 is 1.10 bits per heavy atom. The van der Waals surface area contributed by atoms with Crippen LogP contribution in [-0.2, 0) is 29.2 Å². The zero-order chi connectivity index (χ0) is 20.5. The van der Waals surface area contributed by atoms with E-state index in [9.17, 15) is 4.79 Å². The van der Waals surface area contributed by atoms with Gasteiger partial charge in [0, 0.05) is 22.6 Å². The molecule has 1 heterocycles. The third kappa shape index (κ3) is 7.16. The number of carbonyl (C=O) groups excluding carboxylic acids is 1. The second kappa shape index (κ2) is 11.4. The number of benzene rings is 2. The topological polar surface area (TPSA) is 47.2 Å². The summed E-state index contributed by atoms with van der Waals surface area (Å²) < 4.78 is 5.46. The van der Waals surface area contributed by atoms with E-state index >= 15 is 0 Å². The van der Waals surface area contributed by atoms with Gasteiger partial charge in [-0.25, -0.2) is 0 Å². The van der Waals surface area contributed by atoms with E-state index in [1.807, 2.05) is 0 Å². The molecule has 1 saturated heterocycles. The summed E-state index contributed by atoms with van der Waals surface area (Å²) in [7, 11) is 2.07. The van der Waals surface area contributed by atoms with Crippen LogP contribution in [0.1, 0.15) is 16.7 Å². The van der Waals surface area contributed by atoms with Gasteiger partial charge in [-0.05, 0) is 24.0 Å². The van der Waals surface area contributed by atoms with Crippen molar-refractivity contribution in [1.29, 1.82) is 0 Å². The molecule has 2 aromatic carbocycles. The SMILES string of the molecule is CSc1ccc(C[NH+](C)CC(=O)NCc2ccccc2C[NH+]2CCOCC2)cc1. The van der Waals surface area contributed by atoms with E-state index in [2.05, 4.69) is 67.2 Å². The molecule has 0 radical (unpaired) electrons. The second-order valence-electron chi connectivity index (χ2n) is 7.74. The molecule has 0 saturated carbocycles. The molecule has 1 unspecified atom stereocenters. The minimum atomic E-state index is 0.0942. The lowest BCUT2D eigenvalue weighted by atomic mass is 10.1. The van der Waals surface area contributed by atoms with Gasteiger partial charge in [-0.15, -0.1) is 11.8 Å². The van der Waals surface area contributed by atoms with Gasteiger partial charge in [-0.1, -0.05) is 36.4 Å². The maximum atomic E-state index is 12.5. The van der Waals surface area contributed by atoms with Gasteiger partial charge in [0.25, 0.3) is 5.91 Å². The Kier molecular flexibility index (Phi) is 8.55. The fourth-order valence-electron chi connectivity index (χ4n) is 3.69. The predicted molar refractivity (Wildman–Crippen MR) is 117 cm³/mol. The molecule has 0 spiro atoms. The Morgan fingerprint density at radius 3 is 2.48 bits per heavy atom. The molecular weight excluding hydrogens is 382 g/mol. The lowest BCUT2D eigenvalue weighted by Crippen LogP contribution is -3.12. The van der Waals surface area contributed by atoms with Crippen LogP contribution in [0, 0.1) is 0 Å². The number of morpholine rings is 1. The Balaban J connectivity index is 1.47. The molecule has 2 aromatic rings. The standard InChI is InChI=1S/C23H31N3O2S/c1-25(16-19-7-9-22(29-2)10-8-19)18-23(27)24-15-20-5-3-4-6-21(20)17-26-11-13-28-14-12-26/h3-10H,11-18H2,1-2H3,(H,24,27)/p+2. The highest BCUT2D eigenvalue weighted by molar-refractivity contribution is 7.98. The van der Waals surface area contributed by atoms with Gasteiger partial charge in [-0.2, -0.15) is 0 Å². The molecule has 0 aliphatic carbocycles. The smallest absolute Gasteiger partial charge is 0.275 e. The van der Waals surface area contributed by atoms with Crippen molar-refractivity contribution < 1.29 is 19.3 Å². The summed E-state index contributed by atoms with van der Waals surface area (Å²) in [5, 5.41) is 3.11. The Morgan fingerprint density at radius 2 is 1.79 bits per heavy atom. The van der Waals surface area contributed by atoms with E-state index in [-0.39, 0.29) is 5.91 Å². The summed E-state index contributed by atoms with van der Waals surface area (Å²) in [6, 6.07) is 17.0. The fraction of sp³-hybridized carbons (Fsp3) is 0.435. The van der Waals surface area contributed by atoms with E-state index < -0.39 is 0 Å². The van der Waals surface area contributed by atoms with Gasteiger partial charge >= 0.3 is 0 Å². The Hall–Kier alpha value is -1.86. The third-order valence-corrected chi connectivity index (χ3v) is 6.11. The molecule has 1 aliphatic heterocycles. The normalized spacial score (nSPS) is 15.8. The van der Waals surface area contributed by atoms with Crippen molar-refractivity contribution >= 4 is 17.7 Å². The van der Waals surface area contributed by atoms with Gasteiger partial charge in [0.15, 0.2) is 6.54 Å². The summed E-state index contributed by atoms with van der Waals surface area (Å²) in [6.45, 7) is 6.67. The van der Waals surface area contributed by atoms with Crippen molar-refractivity contribution in [3.05, 3.63) is 65.2 Å². The third-order valence-electron chi connectivity index (χ3n) is 5.36. The van der Waals surface area contributed by atoms with Crippen LogP contribution in [0.25, 0.3) is 0 Å². The molecule has 29 heavy (non-hydrogen) atoms. The summed E-state index contributed by atoms with van der Waals surface area (Å²) in [5.74, 6) is 0.0942. The van der Waals surface area contributed by atoms with Gasteiger partial charge < -0.3 is 19.9 Å². The maximum absolute atomic E-state index is 12.5. The number of ether oxygens (including phenoxy) is 1. The summed E-state index contributed by atoms with van der Waals surface area (Å²) >= 11 is 1.74. The van der Waals surface area contributed by atoms with E-state index in [4.69, 9.17) is 4.74 Å². The molecular formula is C23H33N3O2S+2. The minimum Gasteiger partial charge on any atom is -0.370 e. The number of rotatable bonds is 9. The first-order valence-corrected chi connectivity index (χ1v) is 11.6. The zero-order valence-electron chi connectivity index (χ0n) is 17.5. The minimum absolute atomic E-state index is 0.0942. The fourth-order valence-corrected chi connectivity index (χ4v) is 4.10. The lowest BCUT2D eigenvalue weighted by molar-refractivity contribution is -0.921. The van der Waals surface area contributed by atoms with Crippen LogP contribution in [0.5, 0.6) is 0 Å². The second-order valence-corrected chi connectivity index (χ2v) is 8.62. The molecule has 0 bridgehead atoms. The average molecular weight is 416 g/mol. The Labute approximate surface area is 178 Å². The van der Waals surface area contributed by atoms with Crippen LogP contribution in [0.2, 0.25) is 0 Å². The highest BCUT2D eigenvalue weighted by Gasteiger charge is 2.16. The van der Waals surface area contributed by atoms with Gasteiger partial charge in [0.1, 0.15) is 26.2 Å². The highest BCUT2D eigenvalue weighted by Crippen LogP contribution is 2.14. The quantitative estimate of drug-likeness (QED) is 0.511. The van der Waals surface area contributed by atoms with Crippen LogP contribution in [-0.4, -0.2) is 52.1 Å². The first-order valence-electron chi connectivity index (χ1n) is 10.3. The number of hydrogen-bond donors (Lipinski definition) is 3. The summed E-state index contributed by atoms with van der Waals surface area (Å²) in [5.41, 5.74) is 3.79. The molecule has 1 atom stereocenters. The molecule has 156 valence electrons. The zero-order valence-corrected chi connectivity index (χ0v) is 18.3. The van der Waals surface area contributed by atoms with Gasteiger partial charge in [-0.3, -0.25) is 4.79 Å². The van der Waals surface area contributed by atoms with Crippen molar-refractivity contribution in [3.8, 4) is 0 Å². The first kappa shape index (κ1) is 21.8. The predicted octanol–water partition coefficient (Wildman–Crippen LogP) is 0.155. The highest BCUT2D eigenvalue weighted by atomic mass is 32.2. The van der Waals surface area contributed by atoms with Gasteiger partial charge in [0.05, 0.1) is 20.3 Å². The molecule has 3 rings (SSSR count). The van der Waals surface area contributed by atoms with Crippen molar-refractivity contribution in [2.24, 2.45) is 0 Å². The number of quaternary nitrogens is 2. The molecule has 5 nitrogen and oxygen atoms in total. The average Bonchev–Trinajstić information content (AvgIpc) is 2.74. The summed E-state index contributed by atoms with van der Waals surface area (Å²) in [4.78, 5) is 16.5. The van der Waals surface area contributed by atoms with Crippen LogP contribution < -0.4 is 15.1 Å². The summed E-state index contributed by atoms with van der Waals surface area (Å²) in [6.07, 6.45) is 2.08. The molecule has 1 aliphatic rings. The van der Waals surface area contributed by atoms with E-state index in [1.165, 1.54) is 26.5 Å². The number of amides is 1. The molecule has 6 heteroatoms. The molecule has 1 amide bonds.